The predicted molar refractivity (Wildman–Crippen MR) is 123 cm³/mol. The van der Waals surface area contributed by atoms with Crippen LogP contribution in [0, 0.1) is 0 Å². The molecule has 0 spiro atoms. The number of carbonyl (C=O) groups is 1. The highest BCUT2D eigenvalue weighted by Gasteiger charge is 2.18. The Bertz CT molecular complexity index is 834. The van der Waals surface area contributed by atoms with Gasteiger partial charge in [-0.15, -0.1) is 23.5 Å². The lowest BCUT2D eigenvalue weighted by Gasteiger charge is -2.14. The number of ether oxygens (including phenoxy) is 2. The molecule has 2 rings (SSSR count). The third kappa shape index (κ3) is 5.94. The minimum Gasteiger partial charge on any atom is -0.493 e. The fraction of sp³-hybridized carbons (Fsp3) is 0.261. The molecule has 0 aliphatic carbocycles. The molecule has 2 aromatic carbocycles. The highest BCUT2D eigenvalue weighted by atomic mass is 32.2. The van der Waals surface area contributed by atoms with Gasteiger partial charge in [-0.3, -0.25) is 4.79 Å². The van der Waals surface area contributed by atoms with Crippen LogP contribution in [0.4, 0.5) is 0 Å². The number of methoxy groups -OCH3 is 2. The standard InChI is InChI=1S/C23H26O3S2/c1-5-27-23(28-6-2)22(18-13-15-20(25-3)21(16-18)26-4)19(24)14-12-17-10-8-7-9-11-17/h7-16H,5-6H2,1-4H3/b14-12+. The molecule has 0 bridgehead atoms. The van der Waals surface area contributed by atoms with Crippen LogP contribution in [0.1, 0.15) is 25.0 Å². The summed E-state index contributed by atoms with van der Waals surface area (Å²) >= 11 is 3.39. The van der Waals surface area contributed by atoms with Crippen LogP contribution in [-0.4, -0.2) is 31.5 Å². The van der Waals surface area contributed by atoms with Gasteiger partial charge in [0.2, 0.25) is 0 Å². The average Bonchev–Trinajstić information content (AvgIpc) is 2.73. The van der Waals surface area contributed by atoms with E-state index in [1.54, 1.807) is 43.8 Å². The van der Waals surface area contributed by atoms with Crippen LogP contribution in [0.3, 0.4) is 0 Å². The zero-order valence-electron chi connectivity index (χ0n) is 16.7. The van der Waals surface area contributed by atoms with Crippen LogP contribution in [-0.2, 0) is 4.79 Å². The summed E-state index contributed by atoms with van der Waals surface area (Å²) in [6, 6.07) is 15.5. The third-order valence-electron chi connectivity index (χ3n) is 3.90. The smallest absolute Gasteiger partial charge is 0.188 e. The van der Waals surface area contributed by atoms with Crippen LogP contribution in [0.25, 0.3) is 11.6 Å². The molecule has 0 radical (unpaired) electrons. The van der Waals surface area contributed by atoms with Crippen molar-refractivity contribution in [3.8, 4) is 11.5 Å². The predicted octanol–water partition coefficient (Wildman–Crippen LogP) is 6.16. The normalized spacial score (nSPS) is 10.7. The molecule has 0 unspecified atom stereocenters. The first-order valence-corrected chi connectivity index (χ1v) is 11.1. The molecule has 0 aromatic heterocycles. The van der Waals surface area contributed by atoms with Gasteiger partial charge in [0.15, 0.2) is 17.3 Å². The van der Waals surface area contributed by atoms with Gasteiger partial charge in [0.25, 0.3) is 0 Å². The van der Waals surface area contributed by atoms with Gasteiger partial charge in [-0.25, -0.2) is 0 Å². The fourth-order valence-corrected chi connectivity index (χ4v) is 4.91. The number of benzene rings is 2. The van der Waals surface area contributed by atoms with E-state index >= 15 is 0 Å². The molecule has 148 valence electrons. The lowest BCUT2D eigenvalue weighted by Crippen LogP contribution is -2.02. The zero-order valence-corrected chi connectivity index (χ0v) is 18.4. The lowest BCUT2D eigenvalue weighted by atomic mass is 10.0. The van der Waals surface area contributed by atoms with Crippen molar-refractivity contribution in [3.05, 3.63) is 70.0 Å². The largest absolute Gasteiger partial charge is 0.493 e. The Morgan fingerprint density at radius 3 is 2.14 bits per heavy atom. The maximum Gasteiger partial charge on any atom is 0.188 e. The van der Waals surface area contributed by atoms with Gasteiger partial charge in [-0.05, 0) is 40.8 Å². The summed E-state index contributed by atoms with van der Waals surface area (Å²) in [6.45, 7) is 4.19. The molecule has 0 N–H and O–H groups in total. The van der Waals surface area contributed by atoms with E-state index in [9.17, 15) is 4.79 Å². The topological polar surface area (TPSA) is 35.5 Å². The van der Waals surface area contributed by atoms with Gasteiger partial charge in [0.05, 0.1) is 18.5 Å². The van der Waals surface area contributed by atoms with E-state index < -0.39 is 0 Å². The Morgan fingerprint density at radius 2 is 1.57 bits per heavy atom. The van der Waals surface area contributed by atoms with Crippen LogP contribution >= 0.6 is 23.5 Å². The molecule has 5 heteroatoms. The Hall–Kier alpha value is -2.11. The average molecular weight is 415 g/mol. The number of thioether (sulfide) groups is 2. The maximum atomic E-state index is 13.2. The molecule has 28 heavy (non-hydrogen) atoms. The lowest BCUT2D eigenvalue weighted by molar-refractivity contribution is -0.109. The van der Waals surface area contributed by atoms with Crippen molar-refractivity contribution in [2.75, 3.05) is 25.7 Å². The van der Waals surface area contributed by atoms with Crippen LogP contribution in [0.2, 0.25) is 0 Å². The first-order valence-electron chi connectivity index (χ1n) is 9.14. The number of rotatable bonds is 10. The van der Waals surface area contributed by atoms with Gasteiger partial charge < -0.3 is 9.47 Å². The first kappa shape index (κ1) is 22.2. The second-order valence-corrected chi connectivity index (χ2v) is 8.51. The maximum absolute atomic E-state index is 13.2. The minimum absolute atomic E-state index is 0.0204. The van der Waals surface area contributed by atoms with Crippen LogP contribution in [0.15, 0.2) is 58.8 Å². The minimum atomic E-state index is -0.0204. The molecule has 0 aliphatic heterocycles. The van der Waals surface area contributed by atoms with Gasteiger partial charge in [0.1, 0.15) is 0 Å². The number of allylic oxidation sites excluding steroid dienone is 2. The quantitative estimate of drug-likeness (QED) is 0.435. The summed E-state index contributed by atoms with van der Waals surface area (Å²) in [7, 11) is 3.21. The molecule has 0 heterocycles. The summed E-state index contributed by atoms with van der Waals surface area (Å²) in [5, 5.41) is 0. The van der Waals surface area contributed by atoms with Crippen LogP contribution < -0.4 is 9.47 Å². The van der Waals surface area contributed by atoms with Crippen molar-refractivity contribution in [2.24, 2.45) is 0 Å². The second kappa shape index (κ2) is 11.7. The zero-order chi connectivity index (χ0) is 20.4. The van der Waals surface area contributed by atoms with Crippen LogP contribution in [0.5, 0.6) is 11.5 Å². The third-order valence-corrected chi connectivity index (χ3v) is 6.12. The van der Waals surface area contributed by atoms with Gasteiger partial charge in [-0.1, -0.05) is 56.3 Å². The molecule has 0 fully saturated rings. The SMILES string of the molecule is CCSC(SCC)=C(C(=O)/C=C/c1ccccc1)c1ccc(OC)c(OC)c1. The summed E-state index contributed by atoms with van der Waals surface area (Å²) in [5.74, 6) is 3.03. The van der Waals surface area contributed by atoms with E-state index in [2.05, 4.69) is 13.8 Å². The van der Waals surface area contributed by atoms with E-state index in [1.807, 2.05) is 54.6 Å². The number of hydrogen-bond acceptors (Lipinski definition) is 5. The molecule has 0 saturated carbocycles. The molecular formula is C23H26O3S2. The highest BCUT2D eigenvalue weighted by Crippen LogP contribution is 2.39. The van der Waals surface area contributed by atoms with E-state index in [0.29, 0.717) is 17.1 Å². The number of hydrogen-bond donors (Lipinski definition) is 0. The molecule has 3 nitrogen and oxygen atoms in total. The summed E-state index contributed by atoms with van der Waals surface area (Å²) in [4.78, 5) is 13.2. The van der Waals surface area contributed by atoms with Gasteiger partial charge in [-0.2, -0.15) is 0 Å². The molecule has 0 atom stereocenters. The number of carbonyl (C=O) groups excluding carboxylic acids is 1. The Morgan fingerprint density at radius 1 is 0.929 bits per heavy atom. The van der Waals surface area contributed by atoms with E-state index in [-0.39, 0.29) is 5.78 Å². The van der Waals surface area contributed by atoms with E-state index in [1.165, 1.54) is 0 Å². The summed E-state index contributed by atoms with van der Waals surface area (Å²) < 4.78 is 11.8. The Balaban J connectivity index is 2.52. The number of ketones is 1. The highest BCUT2D eigenvalue weighted by molar-refractivity contribution is 8.22. The van der Waals surface area contributed by atoms with Crippen molar-refractivity contribution < 1.29 is 14.3 Å². The molecule has 0 amide bonds. The van der Waals surface area contributed by atoms with Gasteiger partial charge >= 0.3 is 0 Å². The first-order chi connectivity index (χ1) is 13.6. The van der Waals surface area contributed by atoms with Gasteiger partial charge in [0, 0.05) is 5.57 Å². The van der Waals surface area contributed by atoms with E-state index in [4.69, 9.17) is 9.47 Å². The summed E-state index contributed by atoms with van der Waals surface area (Å²) in [5.41, 5.74) is 2.53. The van der Waals surface area contributed by atoms with Crippen molar-refractivity contribution >= 4 is 41.0 Å². The van der Waals surface area contributed by atoms with E-state index in [0.717, 1.165) is 26.9 Å². The summed E-state index contributed by atoms with van der Waals surface area (Å²) in [6.07, 6.45) is 3.50. The molecule has 0 saturated heterocycles. The Kier molecular flexibility index (Phi) is 9.24. The monoisotopic (exact) mass is 414 g/mol. The molecule has 0 aliphatic rings. The second-order valence-electron chi connectivity index (χ2n) is 5.71. The molecular weight excluding hydrogens is 388 g/mol. The van der Waals surface area contributed by atoms with Crippen molar-refractivity contribution in [1.29, 1.82) is 0 Å². The molecule has 2 aromatic rings. The Labute approximate surface area is 176 Å². The van der Waals surface area contributed by atoms with Crippen molar-refractivity contribution in [2.45, 2.75) is 13.8 Å². The van der Waals surface area contributed by atoms with Crippen molar-refractivity contribution in [1.82, 2.24) is 0 Å². The fourth-order valence-electron chi connectivity index (χ4n) is 2.62. The van der Waals surface area contributed by atoms with Crippen molar-refractivity contribution in [3.63, 3.8) is 0 Å².